The number of aliphatic hydroxyl groups is 8. The topological polar surface area (TPSA) is 319 Å². The van der Waals surface area contributed by atoms with E-state index in [0.717, 1.165) is 27.9 Å². The Morgan fingerprint density at radius 2 is 0.849 bits per heavy atom. The van der Waals surface area contributed by atoms with Crippen molar-refractivity contribution < 1.29 is 69.6 Å². The van der Waals surface area contributed by atoms with Crippen LogP contribution in [0.2, 0.25) is 0 Å². The summed E-state index contributed by atoms with van der Waals surface area (Å²) in [5, 5.41) is 80.8. The fourth-order valence-corrected chi connectivity index (χ4v) is 6.18. The van der Waals surface area contributed by atoms with Gasteiger partial charge in [0.15, 0.2) is 6.29 Å². The van der Waals surface area contributed by atoms with Gasteiger partial charge in [0.2, 0.25) is 6.41 Å². The monoisotopic (exact) mass is 1050 g/mol. The molecule has 0 aliphatic heterocycles. The number of hydrogen-bond donors (Lipinski definition) is 12. The summed E-state index contributed by atoms with van der Waals surface area (Å²) in [5.74, 6) is -0.834. The Hall–Kier alpha value is -5.06. The van der Waals surface area contributed by atoms with E-state index in [1.165, 1.54) is 16.8 Å². The molecular weight excluding hydrogens is 945 g/mol. The van der Waals surface area contributed by atoms with Crippen LogP contribution in [0.1, 0.15) is 153 Å². The Labute approximate surface area is 440 Å². The van der Waals surface area contributed by atoms with E-state index < -0.39 is 37.6 Å². The average Bonchev–Trinajstić information content (AvgIpc) is 3.42. The molecule has 0 bridgehead atoms. The van der Waals surface area contributed by atoms with Crippen LogP contribution in [-0.2, 0) is 14.4 Å². The second-order valence-electron chi connectivity index (χ2n) is 13.8. The van der Waals surface area contributed by atoms with Gasteiger partial charge in [0.1, 0.15) is 18.5 Å². The first-order valence-electron chi connectivity index (χ1n) is 25.2. The van der Waals surface area contributed by atoms with Gasteiger partial charge in [0, 0.05) is 82.4 Å². The third kappa shape index (κ3) is 32.0. The minimum atomic E-state index is -1.46. The van der Waals surface area contributed by atoms with Crippen molar-refractivity contribution in [1.29, 1.82) is 0 Å². The first kappa shape index (κ1) is 84.7. The molecule has 0 aliphatic rings. The number of aldehydes is 2. The first-order chi connectivity index (χ1) is 34.6. The number of aliphatic hydroxyl groups excluding tert-OH is 8. The van der Waals surface area contributed by atoms with Crippen LogP contribution in [0.4, 0.5) is 11.4 Å². The molecule has 0 spiro atoms. The third-order valence-electron chi connectivity index (χ3n) is 9.55. The summed E-state index contributed by atoms with van der Waals surface area (Å²) in [6, 6.07) is 0. The largest absolute Gasteiger partial charge is 0.394 e. The molecule has 2 rings (SSSR count). The van der Waals surface area contributed by atoms with Gasteiger partial charge >= 0.3 is 0 Å². The Bertz CT molecular complexity index is 1750. The number of nitrogens with one attached hydrogen (secondary N) is 4. The van der Waals surface area contributed by atoms with Gasteiger partial charge in [-0.25, -0.2) is 0 Å². The highest BCUT2D eigenvalue weighted by Gasteiger charge is 2.27. The molecule has 4 unspecified atom stereocenters. The molecule has 0 heterocycles. The van der Waals surface area contributed by atoms with Crippen LogP contribution in [0.15, 0.2) is 0 Å². The van der Waals surface area contributed by atoms with Crippen LogP contribution in [-0.4, -0.2) is 193 Å². The van der Waals surface area contributed by atoms with Crippen molar-refractivity contribution in [2.45, 2.75) is 156 Å². The summed E-state index contributed by atoms with van der Waals surface area (Å²) in [6.45, 7) is 36.1. The van der Waals surface area contributed by atoms with Gasteiger partial charge in [0.05, 0.1) is 38.6 Å². The summed E-state index contributed by atoms with van der Waals surface area (Å²) < 4.78 is 0. The summed E-state index contributed by atoms with van der Waals surface area (Å²) in [7, 11) is 6.73. The summed E-state index contributed by atoms with van der Waals surface area (Å²) in [6.07, 6.45) is -3.61. The normalized spacial score (nSPS) is 10.7. The lowest BCUT2D eigenvalue weighted by atomic mass is 9.90. The van der Waals surface area contributed by atoms with E-state index in [2.05, 4.69) is 21.3 Å². The standard InChI is InChI=1S/C19H30N4O5.C16H26N2O3.C4H8O4.C2H4O2.6C2H6/c1-11-15(18(27)22-7-6-21-10-25)12(2)17(20-4)13(3)16(11)19(28)23(5)8-14(26)9-24;1-9-10(2)14(12(4)15(17-5)11(9)3)16(21)18(6)7-13(20)8-19;5-1-3(7)4(8)2-6;3-1-2-4;6*1-2/h10,14,20,24,26H,6-9H2,1-5H3,(H,21,25)(H,22,27);13,17,19-20H,7-8H2,1-6H3;1,3-4,6-8H,2H2;1,4H,2H2;6*1-2H3. The van der Waals surface area contributed by atoms with E-state index in [9.17, 15) is 34.2 Å². The molecule has 73 heavy (non-hydrogen) atoms. The lowest BCUT2D eigenvalue weighted by molar-refractivity contribution is -0.121. The molecule has 0 aromatic heterocycles. The van der Waals surface area contributed by atoms with Crippen molar-refractivity contribution in [2.75, 3.05) is 91.4 Å². The molecular formula is C53H104N6O14. The van der Waals surface area contributed by atoms with Crippen molar-refractivity contribution in [3.63, 3.8) is 0 Å². The Kier molecular flexibility index (Phi) is 63.5. The quantitative estimate of drug-likeness (QED) is 0.0694. The Morgan fingerprint density at radius 1 is 0.507 bits per heavy atom. The van der Waals surface area contributed by atoms with E-state index in [4.69, 9.17) is 35.4 Å². The lowest BCUT2D eigenvalue weighted by Crippen LogP contribution is -2.37. The van der Waals surface area contributed by atoms with E-state index in [0.29, 0.717) is 58.3 Å². The Balaban J connectivity index is -0.000000137. The smallest absolute Gasteiger partial charge is 0.254 e. The summed E-state index contributed by atoms with van der Waals surface area (Å²) >= 11 is 0. The van der Waals surface area contributed by atoms with Gasteiger partial charge in [-0.15, -0.1) is 0 Å². The molecule has 0 fully saturated rings. The SMILES string of the molecule is CC.CC.CC.CC.CC.CC.CNc1c(C)c(C(=O)NCCNC=O)c(C)c(C(=O)N(C)CC(O)CO)c1C.CNc1c(C)c(C)c(C)c(C(=O)N(C)CC(O)CO)c1C.O=CC(O)C(O)CO.O=CCO. The maximum atomic E-state index is 13.0. The average molecular weight is 1050 g/mol. The van der Waals surface area contributed by atoms with Crippen molar-refractivity contribution in [1.82, 2.24) is 20.4 Å². The summed E-state index contributed by atoms with van der Waals surface area (Å²) in [5.41, 5.74) is 9.12. The van der Waals surface area contributed by atoms with Crippen LogP contribution in [0.5, 0.6) is 0 Å². The zero-order valence-corrected chi connectivity index (χ0v) is 49.1. The van der Waals surface area contributed by atoms with Crippen LogP contribution >= 0.6 is 0 Å². The van der Waals surface area contributed by atoms with Crippen LogP contribution < -0.4 is 21.3 Å². The second kappa shape index (κ2) is 54.7. The molecule has 0 aliphatic carbocycles. The molecule has 0 radical (unpaired) electrons. The van der Waals surface area contributed by atoms with Gasteiger partial charge in [-0.1, -0.05) is 83.1 Å². The van der Waals surface area contributed by atoms with Gasteiger partial charge in [-0.2, -0.15) is 0 Å². The van der Waals surface area contributed by atoms with Crippen molar-refractivity contribution in [2.24, 2.45) is 0 Å². The minimum absolute atomic E-state index is 0.0319. The summed E-state index contributed by atoms with van der Waals surface area (Å²) in [4.78, 5) is 70.0. The molecule has 20 heteroatoms. The number of carbonyl (C=O) groups is 6. The molecule has 12 N–H and O–H groups in total. The Morgan fingerprint density at radius 3 is 1.14 bits per heavy atom. The number of hydrogen-bond acceptors (Lipinski definition) is 16. The fourth-order valence-electron chi connectivity index (χ4n) is 6.18. The molecule has 4 amide bonds. The minimum Gasteiger partial charge on any atom is -0.394 e. The molecule has 4 atom stereocenters. The highest BCUT2D eigenvalue weighted by Crippen LogP contribution is 2.33. The number of anilines is 2. The molecule has 20 nitrogen and oxygen atoms in total. The third-order valence-corrected chi connectivity index (χ3v) is 9.55. The van der Waals surface area contributed by atoms with E-state index in [1.807, 2.05) is 118 Å². The predicted molar refractivity (Wildman–Crippen MR) is 298 cm³/mol. The highest BCUT2D eigenvalue weighted by molar-refractivity contribution is 6.06. The fraction of sp³-hybridized carbons (Fsp3) is 0.660. The predicted octanol–water partition coefficient (Wildman–Crippen LogP) is 4.18. The number of benzene rings is 2. The number of likely N-dealkylation sites (N-methyl/N-ethyl adjacent to an activating group) is 2. The van der Waals surface area contributed by atoms with Gasteiger partial charge in [0.25, 0.3) is 17.7 Å². The van der Waals surface area contributed by atoms with Crippen LogP contribution in [0.25, 0.3) is 0 Å². The van der Waals surface area contributed by atoms with Crippen molar-refractivity contribution in [3.8, 4) is 0 Å². The van der Waals surface area contributed by atoms with Crippen molar-refractivity contribution >= 4 is 48.1 Å². The number of carbonyl (C=O) groups excluding carboxylic acids is 6. The zero-order valence-electron chi connectivity index (χ0n) is 49.1. The van der Waals surface area contributed by atoms with Gasteiger partial charge in [-0.3, -0.25) is 19.2 Å². The molecule has 2 aromatic carbocycles. The molecule has 2 aromatic rings. The second-order valence-corrected chi connectivity index (χ2v) is 13.8. The number of nitrogens with zero attached hydrogens (tertiary/aromatic N) is 2. The lowest BCUT2D eigenvalue weighted by Gasteiger charge is -2.25. The van der Waals surface area contributed by atoms with Crippen molar-refractivity contribution in [3.05, 3.63) is 55.6 Å². The molecule has 0 saturated carbocycles. The van der Waals surface area contributed by atoms with E-state index >= 15 is 0 Å². The van der Waals surface area contributed by atoms with Crippen LogP contribution in [0, 0.1) is 48.5 Å². The van der Waals surface area contributed by atoms with E-state index in [1.54, 1.807) is 34.9 Å². The molecule has 430 valence electrons. The number of rotatable bonds is 19. The van der Waals surface area contributed by atoms with Crippen LogP contribution in [0.3, 0.4) is 0 Å². The first-order valence-corrected chi connectivity index (χ1v) is 25.2. The maximum Gasteiger partial charge on any atom is 0.254 e. The number of amides is 4. The van der Waals surface area contributed by atoms with Gasteiger partial charge in [-0.05, 0) is 87.4 Å². The highest BCUT2D eigenvalue weighted by atomic mass is 16.4. The van der Waals surface area contributed by atoms with E-state index in [-0.39, 0.29) is 56.9 Å². The van der Waals surface area contributed by atoms with Gasteiger partial charge < -0.3 is 81.5 Å². The zero-order chi connectivity index (χ0) is 59.7. The maximum absolute atomic E-state index is 13.0. The molecule has 0 saturated heterocycles.